The summed E-state index contributed by atoms with van der Waals surface area (Å²) < 4.78 is 28.1. The van der Waals surface area contributed by atoms with Crippen LogP contribution in [-0.4, -0.2) is 6.54 Å². The Bertz CT molecular complexity index is 627. The van der Waals surface area contributed by atoms with Gasteiger partial charge in [0.15, 0.2) is 0 Å². The molecule has 0 saturated heterocycles. The van der Waals surface area contributed by atoms with Crippen molar-refractivity contribution in [1.29, 1.82) is 0 Å². The van der Waals surface area contributed by atoms with Crippen LogP contribution in [0.5, 0.6) is 0 Å². The number of rotatable bonds is 4. The summed E-state index contributed by atoms with van der Waals surface area (Å²) in [7, 11) is 0. The molecule has 2 aromatic carbocycles. The number of halogens is 2. The molecule has 0 aromatic heterocycles. The first-order valence-electron chi connectivity index (χ1n) is 7.20. The second-order valence-corrected chi connectivity index (χ2v) is 5.48. The maximum absolute atomic E-state index is 14.3. The fourth-order valence-electron chi connectivity index (χ4n) is 2.62. The number of aryl methyl sites for hydroxylation is 3. The highest BCUT2D eigenvalue weighted by Crippen LogP contribution is 2.28. The summed E-state index contributed by atoms with van der Waals surface area (Å²) >= 11 is 0. The van der Waals surface area contributed by atoms with Crippen LogP contribution in [0, 0.1) is 32.4 Å². The molecule has 0 spiro atoms. The molecule has 0 bridgehead atoms. The van der Waals surface area contributed by atoms with Crippen LogP contribution in [0.4, 0.5) is 8.78 Å². The number of benzene rings is 2. The van der Waals surface area contributed by atoms with Crippen LogP contribution in [0.15, 0.2) is 30.3 Å². The van der Waals surface area contributed by atoms with Crippen LogP contribution in [0.2, 0.25) is 0 Å². The predicted octanol–water partition coefficient (Wildman–Crippen LogP) is 4.59. The lowest BCUT2D eigenvalue weighted by Gasteiger charge is -2.21. The summed E-state index contributed by atoms with van der Waals surface area (Å²) in [5.74, 6) is -0.432. The molecule has 0 aliphatic heterocycles. The molecule has 0 fully saturated rings. The van der Waals surface area contributed by atoms with E-state index in [4.69, 9.17) is 0 Å². The van der Waals surface area contributed by atoms with Gasteiger partial charge in [0, 0.05) is 5.56 Å². The summed E-state index contributed by atoms with van der Waals surface area (Å²) in [6.07, 6.45) is 0. The van der Waals surface area contributed by atoms with Crippen molar-refractivity contribution in [3.05, 3.63) is 69.8 Å². The van der Waals surface area contributed by atoms with E-state index >= 15 is 0 Å². The van der Waals surface area contributed by atoms with Crippen LogP contribution >= 0.6 is 0 Å². The fourth-order valence-corrected chi connectivity index (χ4v) is 2.62. The van der Waals surface area contributed by atoms with Gasteiger partial charge in [0.1, 0.15) is 11.6 Å². The summed E-state index contributed by atoms with van der Waals surface area (Å²) in [4.78, 5) is 0. The van der Waals surface area contributed by atoms with Gasteiger partial charge in [0.25, 0.3) is 0 Å². The van der Waals surface area contributed by atoms with Crippen molar-refractivity contribution in [2.45, 2.75) is 33.7 Å². The molecule has 1 N–H and O–H groups in total. The first kappa shape index (κ1) is 15.6. The molecule has 0 aliphatic rings. The van der Waals surface area contributed by atoms with Gasteiger partial charge in [-0.2, -0.15) is 0 Å². The standard InChI is InChI=1S/C18H21F2N/c1-5-21-18(15-7-6-11(2)8-16(15)19)14-9-12(3)17(20)13(4)10-14/h6-10,18,21H,5H2,1-4H3. The summed E-state index contributed by atoms with van der Waals surface area (Å²) in [6.45, 7) is 8.01. The highest BCUT2D eigenvalue weighted by atomic mass is 19.1. The highest BCUT2D eigenvalue weighted by molar-refractivity contribution is 5.39. The van der Waals surface area contributed by atoms with Gasteiger partial charge in [-0.15, -0.1) is 0 Å². The van der Waals surface area contributed by atoms with Crippen LogP contribution in [-0.2, 0) is 0 Å². The maximum Gasteiger partial charge on any atom is 0.129 e. The SMILES string of the molecule is CCNC(c1cc(C)c(F)c(C)c1)c1ccc(C)cc1F. The zero-order valence-electron chi connectivity index (χ0n) is 12.9. The molecule has 1 unspecified atom stereocenters. The Morgan fingerprint density at radius 2 is 1.62 bits per heavy atom. The van der Waals surface area contributed by atoms with Gasteiger partial charge in [-0.3, -0.25) is 0 Å². The second kappa shape index (κ2) is 6.35. The molecule has 0 amide bonds. The second-order valence-electron chi connectivity index (χ2n) is 5.48. The summed E-state index contributed by atoms with van der Waals surface area (Å²) in [6, 6.07) is 8.53. The summed E-state index contributed by atoms with van der Waals surface area (Å²) in [5, 5.41) is 3.29. The van der Waals surface area contributed by atoms with Crippen molar-refractivity contribution in [2.75, 3.05) is 6.54 Å². The molecule has 0 saturated carbocycles. The van der Waals surface area contributed by atoms with Gasteiger partial charge in [0.2, 0.25) is 0 Å². The number of hydrogen-bond donors (Lipinski definition) is 1. The monoisotopic (exact) mass is 289 g/mol. The van der Waals surface area contributed by atoms with Crippen LogP contribution in [0.3, 0.4) is 0 Å². The van der Waals surface area contributed by atoms with E-state index in [0.29, 0.717) is 23.2 Å². The minimum atomic E-state index is -0.270. The lowest BCUT2D eigenvalue weighted by molar-refractivity contribution is 0.555. The zero-order chi connectivity index (χ0) is 15.6. The molecular formula is C18H21F2N. The Labute approximate surface area is 125 Å². The van der Waals surface area contributed by atoms with E-state index in [9.17, 15) is 8.78 Å². The van der Waals surface area contributed by atoms with E-state index < -0.39 is 0 Å². The van der Waals surface area contributed by atoms with Crippen LogP contribution in [0.25, 0.3) is 0 Å². The molecular weight excluding hydrogens is 268 g/mol. The Morgan fingerprint density at radius 1 is 1.00 bits per heavy atom. The largest absolute Gasteiger partial charge is 0.306 e. The van der Waals surface area contributed by atoms with E-state index in [-0.39, 0.29) is 17.7 Å². The van der Waals surface area contributed by atoms with E-state index in [0.717, 1.165) is 11.1 Å². The molecule has 0 heterocycles. The average Bonchev–Trinajstić information content (AvgIpc) is 2.42. The molecule has 2 rings (SSSR count). The Balaban J connectivity index is 2.53. The van der Waals surface area contributed by atoms with E-state index in [2.05, 4.69) is 5.32 Å². The predicted molar refractivity (Wildman–Crippen MR) is 82.5 cm³/mol. The third-order valence-electron chi connectivity index (χ3n) is 3.67. The normalized spacial score (nSPS) is 12.5. The average molecular weight is 289 g/mol. The van der Waals surface area contributed by atoms with Crippen LogP contribution < -0.4 is 5.32 Å². The van der Waals surface area contributed by atoms with Crippen molar-refractivity contribution in [1.82, 2.24) is 5.32 Å². The number of hydrogen-bond acceptors (Lipinski definition) is 1. The minimum absolute atomic E-state index is 0.196. The van der Waals surface area contributed by atoms with E-state index in [1.165, 1.54) is 6.07 Å². The lowest BCUT2D eigenvalue weighted by atomic mass is 9.94. The lowest BCUT2D eigenvalue weighted by Crippen LogP contribution is -2.23. The van der Waals surface area contributed by atoms with Gasteiger partial charge in [0.05, 0.1) is 6.04 Å². The van der Waals surface area contributed by atoms with E-state index in [1.807, 2.05) is 19.9 Å². The zero-order valence-corrected chi connectivity index (χ0v) is 12.9. The highest BCUT2D eigenvalue weighted by Gasteiger charge is 2.18. The molecule has 3 heteroatoms. The van der Waals surface area contributed by atoms with Crippen LogP contribution in [0.1, 0.15) is 40.8 Å². The molecule has 112 valence electrons. The minimum Gasteiger partial charge on any atom is -0.306 e. The molecule has 2 aromatic rings. The smallest absolute Gasteiger partial charge is 0.129 e. The first-order chi connectivity index (χ1) is 9.93. The molecule has 21 heavy (non-hydrogen) atoms. The van der Waals surface area contributed by atoms with Gasteiger partial charge in [-0.05, 0) is 55.6 Å². The third-order valence-corrected chi connectivity index (χ3v) is 3.67. The van der Waals surface area contributed by atoms with Gasteiger partial charge in [-0.1, -0.05) is 31.2 Å². The maximum atomic E-state index is 14.3. The fraction of sp³-hybridized carbons (Fsp3) is 0.333. The molecule has 0 radical (unpaired) electrons. The third kappa shape index (κ3) is 3.30. The van der Waals surface area contributed by atoms with Crippen molar-refractivity contribution in [2.24, 2.45) is 0 Å². The molecule has 1 atom stereocenters. The van der Waals surface area contributed by atoms with Crippen molar-refractivity contribution < 1.29 is 8.78 Å². The van der Waals surface area contributed by atoms with Gasteiger partial charge < -0.3 is 5.32 Å². The van der Waals surface area contributed by atoms with Gasteiger partial charge in [-0.25, -0.2) is 8.78 Å². The molecule has 1 nitrogen and oxygen atoms in total. The van der Waals surface area contributed by atoms with E-state index in [1.54, 1.807) is 32.0 Å². The van der Waals surface area contributed by atoms with Crippen molar-refractivity contribution in [3.8, 4) is 0 Å². The Morgan fingerprint density at radius 3 is 2.14 bits per heavy atom. The Kier molecular flexibility index (Phi) is 4.73. The van der Waals surface area contributed by atoms with Crippen molar-refractivity contribution >= 4 is 0 Å². The van der Waals surface area contributed by atoms with Gasteiger partial charge >= 0.3 is 0 Å². The van der Waals surface area contributed by atoms with Crippen molar-refractivity contribution in [3.63, 3.8) is 0 Å². The molecule has 0 aliphatic carbocycles. The topological polar surface area (TPSA) is 12.0 Å². The summed E-state index contributed by atoms with van der Waals surface area (Å²) in [5.41, 5.74) is 3.53. The number of nitrogens with one attached hydrogen (secondary N) is 1. The Hall–Kier alpha value is -1.74. The quantitative estimate of drug-likeness (QED) is 0.868. The first-order valence-corrected chi connectivity index (χ1v) is 7.20.